The number of piperidine rings is 1. The van der Waals surface area contributed by atoms with Gasteiger partial charge in [0, 0.05) is 13.1 Å². The van der Waals surface area contributed by atoms with E-state index in [-0.39, 0.29) is 6.10 Å². The van der Waals surface area contributed by atoms with Crippen LogP contribution in [0.2, 0.25) is 0 Å². The number of rotatable bonds is 2. The van der Waals surface area contributed by atoms with E-state index in [2.05, 4.69) is 18.7 Å². The summed E-state index contributed by atoms with van der Waals surface area (Å²) in [5.74, 6) is 1.65. The first-order valence-electron chi connectivity index (χ1n) is 5.00. The Bertz CT molecular complexity index is 136. The second-order valence-corrected chi connectivity index (χ2v) is 4.35. The van der Waals surface area contributed by atoms with Gasteiger partial charge < -0.3 is 10.0 Å². The summed E-state index contributed by atoms with van der Waals surface area (Å²) in [6.07, 6.45) is 1.11. The van der Waals surface area contributed by atoms with Crippen LogP contribution < -0.4 is 0 Å². The molecule has 0 amide bonds. The van der Waals surface area contributed by atoms with Crippen molar-refractivity contribution in [3.05, 3.63) is 0 Å². The summed E-state index contributed by atoms with van der Waals surface area (Å²) >= 11 is 0. The fourth-order valence-corrected chi connectivity index (χ4v) is 1.89. The lowest BCUT2D eigenvalue weighted by Crippen LogP contribution is -2.41. The standard InChI is InChI=1S/C10H21NO/c1-8-4-5-11(6-9(8)2)7-10(3)12/h8-10,12H,4-7H2,1-3H3/t8?,9?,10-/m0/s1. The summed E-state index contributed by atoms with van der Waals surface area (Å²) in [5.41, 5.74) is 0. The van der Waals surface area contributed by atoms with Crippen molar-refractivity contribution < 1.29 is 5.11 Å². The van der Waals surface area contributed by atoms with Gasteiger partial charge in [-0.3, -0.25) is 0 Å². The summed E-state index contributed by atoms with van der Waals surface area (Å²) in [6.45, 7) is 9.66. The van der Waals surface area contributed by atoms with Gasteiger partial charge in [0.15, 0.2) is 0 Å². The van der Waals surface area contributed by atoms with Crippen LogP contribution in [-0.4, -0.2) is 35.7 Å². The van der Waals surface area contributed by atoms with Crippen molar-refractivity contribution in [3.8, 4) is 0 Å². The van der Waals surface area contributed by atoms with Crippen molar-refractivity contribution in [2.75, 3.05) is 19.6 Å². The molecule has 3 atom stereocenters. The van der Waals surface area contributed by atoms with Crippen LogP contribution in [0.15, 0.2) is 0 Å². The summed E-state index contributed by atoms with van der Waals surface area (Å²) in [6, 6.07) is 0. The Hall–Kier alpha value is -0.0800. The van der Waals surface area contributed by atoms with Crippen LogP contribution >= 0.6 is 0 Å². The van der Waals surface area contributed by atoms with Gasteiger partial charge in [0.05, 0.1) is 6.10 Å². The van der Waals surface area contributed by atoms with E-state index in [0.29, 0.717) is 0 Å². The number of likely N-dealkylation sites (tertiary alicyclic amines) is 1. The third-order valence-electron chi connectivity index (χ3n) is 2.94. The average molecular weight is 171 g/mol. The molecule has 1 saturated heterocycles. The highest BCUT2D eigenvalue weighted by atomic mass is 16.3. The van der Waals surface area contributed by atoms with E-state index in [4.69, 9.17) is 0 Å². The number of aliphatic hydroxyl groups is 1. The van der Waals surface area contributed by atoms with Crippen LogP contribution in [0.5, 0.6) is 0 Å². The minimum absolute atomic E-state index is 0.175. The van der Waals surface area contributed by atoms with Crippen LogP contribution in [0.25, 0.3) is 0 Å². The second-order valence-electron chi connectivity index (χ2n) is 4.35. The molecular weight excluding hydrogens is 150 g/mol. The van der Waals surface area contributed by atoms with Gasteiger partial charge in [-0.1, -0.05) is 13.8 Å². The Morgan fingerprint density at radius 3 is 2.58 bits per heavy atom. The first-order chi connectivity index (χ1) is 5.59. The Balaban J connectivity index is 2.30. The van der Waals surface area contributed by atoms with Crippen molar-refractivity contribution >= 4 is 0 Å². The smallest absolute Gasteiger partial charge is 0.0639 e. The highest BCUT2D eigenvalue weighted by Crippen LogP contribution is 2.22. The average Bonchev–Trinajstić information content (AvgIpc) is 1.96. The summed E-state index contributed by atoms with van der Waals surface area (Å²) in [7, 11) is 0. The maximum Gasteiger partial charge on any atom is 0.0639 e. The second kappa shape index (κ2) is 4.24. The molecule has 0 aromatic rings. The zero-order valence-corrected chi connectivity index (χ0v) is 8.45. The predicted molar refractivity (Wildman–Crippen MR) is 51.1 cm³/mol. The van der Waals surface area contributed by atoms with E-state index in [1.165, 1.54) is 6.42 Å². The van der Waals surface area contributed by atoms with E-state index in [1.807, 2.05) is 6.92 Å². The van der Waals surface area contributed by atoms with Crippen LogP contribution in [0, 0.1) is 11.8 Å². The lowest BCUT2D eigenvalue weighted by atomic mass is 9.88. The number of hydrogen-bond acceptors (Lipinski definition) is 2. The van der Waals surface area contributed by atoms with Crippen LogP contribution in [0.1, 0.15) is 27.2 Å². The van der Waals surface area contributed by atoms with Crippen molar-refractivity contribution in [2.24, 2.45) is 11.8 Å². The first-order valence-corrected chi connectivity index (χ1v) is 5.00. The predicted octanol–water partition coefficient (Wildman–Crippen LogP) is 1.35. The van der Waals surface area contributed by atoms with E-state index in [9.17, 15) is 5.11 Å². The molecule has 2 heteroatoms. The fourth-order valence-electron chi connectivity index (χ4n) is 1.89. The molecule has 0 radical (unpaired) electrons. The molecule has 0 saturated carbocycles. The Labute approximate surface area is 75.6 Å². The third kappa shape index (κ3) is 2.76. The fraction of sp³-hybridized carbons (Fsp3) is 1.00. The molecule has 0 bridgehead atoms. The van der Waals surface area contributed by atoms with Gasteiger partial charge in [0.2, 0.25) is 0 Å². The Morgan fingerprint density at radius 1 is 1.42 bits per heavy atom. The van der Waals surface area contributed by atoms with Gasteiger partial charge >= 0.3 is 0 Å². The van der Waals surface area contributed by atoms with Crippen LogP contribution in [0.4, 0.5) is 0 Å². The largest absolute Gasteiger partial charge is 0.392 e. The minimum atomic E-state index is -0.175. The van der Waals surface area contributed by atoms with E-state index in [1.54, 1.807) is 0 Å². The number of nitrogens with zero attached hydrogens (tertiary/aromatic N) is 1. The molecule has 0 aromatic heterocycles. The van der Waals surface area contributed by atoms with Gasteiger partial charge in [-0.25, -0.2) is 0 Å². The minimum Gasteiger partial charge on any atom is -0.392 e. The monoisotopic (exact) mass is 171 g/mol. The maximum absolute atomic E-state index is 9.22. The van der Waals surface area contributed by atoms with Gasteiger partial charge in [0.25, 0.3) is 0 Å². The molecule has 0 spiro atoms. The van der Waals surface area contributed by atoms with Gasteiger partial charge in [0.1, 0.15) is 0 Å². The lowest BCUT2D eigenvalue weighted by Gasteiger charge is -2.35. The van der Waals surface area contributed by atoms with E-state index in [0.717, 1.165) is 31.5 Å². The zero-order valence-electron chi connectivity index (χ0n) is 8.45. The van der Waals surface area contributed by atoms with E-state index < -0.39 is 0 Å². The molecule has 0 aliphatic carbocycles. The Kier molecular flexibility index (Phi) is 3.53. The molecule has 1 rings (SSSR count). The molecule has 12 heavy (non-hydrogen) atoms. The van der Waals surface area contributed by atoms with Gasteiger partial charge in [-0.15, -0.1) is 0 Å². The molecule has 2 unspecified atom stereocenters. The molecule has 2 nitrogen and oxygen atoms in total. The summed E-state index contributed by atoms with van der Waals surface area (Å²) in [5, 5.41) is 9.22. The van der Waals surface area contributed by atoms with E-state index >= 15 is 0 Å². The molecule has 0 aromatic carbocycles. The quantitative estimate of drug-likeness (QED) is 0.678. The molecular formula is C10H21NO. The van der Waals surface area contributed by atoms with Crippen molar-refractivity contribution in [2.45, 2.75) is 33.3 Å². The topological polar surface area (TPSA) is 23.5 Å². The van der Waals surface area contributed by atoms with Crippen molar-refractivity contribution in [1.82, 2.24) is 4.90 Å². The molecule has 1 fully saturated rings. The molecule has 72 valence electrons. The van der Waals surface area contributed by atoms with Gasteiger partial charge in [-0.05, 0) is 31.7 Å². The highest BCUT2D eigenvalue weighted by Gasteiger charge is 2.22. The lowest BCUT2D eigenvalue weighted by molar-refractivity contribution is 0.0792. The highest BCUT2D eigenvalue weighted by molar-refractivity contribution is 4.75. The normalized spacial score (nSPS) is 35.0. The maximum atomic E-state index is 9.22. The summed E-state index contributed by atoms with van der Waals surface area (Å²) in [4.78, 5) is 2.37. The zero-order chi connectivity index (χ0) is 9.14. The number of aliphatic hydroxyl groups excluding tert-OH is 1. The van der Waals surface area contributed by atoms with Gasteiger partial charge in [-0.2, -0.15) is 0 Å². The Morgan fingerprint density at radius 2 is 2.08 bits per heavy atom. The number of hydrogen-bond donors (Lipinski definition) is 1. The third-order valence-corrected chi connectivity index (χ3v) is 2.94. The van der Waals surface area contributed by atoms with Crippen LogP contribution in [0.3, 0.4) is 0 Å². The molecule has 1 aliphatic heterocycles. The molecule has 1 aliphatic rings. The first kappa shape index (κ1) is 10.0. The van der Waals surface area contributed by atoms with Crippen molar-refractivity contribution in [3.63, 3.8) is 0 Å². The molecule has 1 N–H and O–H groups in total. The van der Waals surface area contributed by atoms with Crippen LogP contribution in [-0.2, 0) is 0 Å². The molecule has 1 heterocycles. The van der Waals surface area contributed by atoms with Crippen molar-refractivity contribution in [1.29, 1.82) is 0 Å². The number of β-amino-alcohol motifs (C(OH)–C–C–N with tert-alkyl or cyclic N) is 1. The SMILES string of the molecule is CC1CCN(C[C@H](C)O)CC1C. The summed E-state index contributed by atoms with van der Waals surface area (Å²) < 4.78 is 0.